The summed E-state index contributed by atoms with van der Waals surface area (Å²) in [6.07, 6.45) is 2.01. The van der Waals surface area contributed by atoms with Gasteiger partial charge in [0, 0.05) is 25.4 Å². The summed E-state index contributed by atoms with van der Waals surface area (Å²) >= 11 is 0. The second kappa shape index (κ2) is 4.49. The molecular formula is C13H15FN2. The van der Waals surface area contributed by atoms with Crippen LogP contribution in [0, 0.1) is 5.82 Å². The van der Waals surface area contributed by atoms with Gasteiger partial charge in [0.15, 0.2) is 0 Å². The van der Waals surface area contributed by atoms with Crippen LogP contribution in [-0.4, -0.2) is 11.6 Å². The Labute approximate surface area is 94.7 Å². The first-order valence-corrected chi connectivity index (χ1v) is 5.27. The third-order valence-electron chi connectivity index (χ3n) is 2.59. The Kier molecular flexibility index (Phi) is 3.06. The van der Waals surface area contributed by atoms with E-state index < -0.39 is 0 Å². The fraction of sp³-hybridized carbons (Fsp3) is 0.231. The lowest BCUT2D eigenvalue weighted by molar-refractivity contribution is 0.629. The van der Waals surface area contributed by atoms with Crippen LogP contribution in [0.3, 0.4) is 0 Å². The van der Waals surface area contributed by atoms with Crippen LogP contribution < -0.4 is 5.32 Å². The molecule has 0 radical (unpaired) electrons. The molecule has 1 aromatic heterocycles. The Morgan fingerprint density at radius 1 is 1.31 bits per heavy atom. The van der Waals surface area contributed by atoms with Gasteiger partial charge in [-0.05, 0) is 30.8 Å². The van der Waals surface area contributed by atoms with Gasteiger partial charge in [-0.1, -0.05) is 12.1 Å². The van der Waals surface area contributed by atoms with E-state index in [0.29, 0.717) is 5.56 Å². The predicted octanol–water partition coefficient (Wildman–Crippen LogP) is 2.55. The molecule has 0 saturated heterocycles. The highest BCUT2D eigenvalue weighted by Crippen LogP contribution is 2.24. The summed E-state index contributed by atoms with van der Waals surface area (Å²) in [5.74, 6) is -0.181. The molecule has 0 aliphatic heterocycles. The Balaban J connectivity index is 2.44. The van der Waals surface area contributed by atoms with E-state index in [2.05, 4.69) is 5.32 Å². The van der Waals surface area contributed by atoms with Crippen molar-refractivity contribution in [2.75, 3.05) is 7.05 Å². The molecule has 0 unspecified atom stereocenters. The molecule has 2 nitrogen and oxygen atoms in total. The van der Waals surface area contributed by atoms with Crippen molar-refractivity contribution in [3.63, 3.8) is 0 Å². The number of hydrogen-bond acceptors (Lipinski definition) is 1. The van der Waals surface area contributed by atoms with Crippen molar-refractivity contribution >= 4 is 0 Å². The SMILES string of the molecule is CNCc1cc(-c2ccccc2F)n(C)c1. The topological polar surface area (TPSA) is 17.0 Å². The van der Waals surface area contributed by atoms with Gasteiger partial charge in [0.1, 0.15) is 5.82 Å². The average molecular weight is 218 g/mol. The molecule has 3 heteroatoms. The maximum Gasteiger partial charge on any atom is 0.132 e. The van der Waals surface area contributed by atoms with E-state index in [1.165, 1.54) is 6.07 Å². The summed E-state index contributed by atoms with van der Waals surface area (Å²) < 4.78 is 15.6. The lowest BCUT2D eigenvalue weighted by Crippen LogP contribution is -2.03. The molecule has 16 heavy (non-hydrogen) atoms. The van der Waals surface area contributed by atoms with Crippen LogP contribution in [0.5, 0.6) is 0 Å². The molecule has 2 rings (SSSR count). The number of halogens is 1. The summed E-state index contributed by atoms with van der Waals surface area (Å²) in [7, 11) is 3.83. The first-order chi connectivity index (χ1) is 7.72. The van der Waals surface area contributed by atoms with Crippen molar-refractivity contribution in [3.05, 3.63) is 47.9 Å². The molecule has 0 amide bonds. The van der Waals surface area contributed by atoms with Crippen LogP contribution in [0.2, 0.25) is 0 Å². The molecule has 84 valence electrons. The van der Waals surface area contributed by atoms with Gasteiger partial charge in [0.25, 0.3) is 0 Å². The maximum absolute atomic E-state index is 13.6. The van der Waals surface area contributed by atoms with Crippen molar-refractivity contribution in [2.24, 2.45) is 7.05 Å². The number of benzene rings is 1. The highest BCUT2D eigenvalue weighted by molar-refractivity contribution is 5.61. The molecule has 2 aromatic rings. The van der Waals surface area contributed by atoms with Gasteiger partial charge in [0.05, 0.1) is 5.69 Å². The summed E-state index contributed by atoms with van der Waals surface area (Å²) in [4.78, 5) is 0. The quantitative estimate of drug-likeness (QED) is 0.837. The normalized spacial score (nSPS) is 10.7. The van der Waals surface area contributed by atoms with Crippen molar-refractivity contribution in [3.8, 4) is 11.3 Å². The maximum atomic E-state index is 13.6. The molecule has 0 bridgehead atoms. The van der Waals surface area contributed by atoms with E-state index in [-0.39, 0.29) is 5.82 Å². The molecule has 0 saturated carbocycles. The molecule has 0 spiro atoms. The number of aryl methyl sites for hydroxylation is 1. The van der Waals surface area contributed by atoms with Gasteiger partial charge in [0.2, 0.25) is 0 Å². The van der Waals surface area contributed by atoms with Gasteiger partial charge >= 0.3 is 0 Å². The van der Waals surface area contributed by atoms with Gasteiger partial charge in [-0.2, -0.15) is 0 Å². The number of aromatic nitrogens is 1. The largest absolute Gasteiger partial charge is 0.350 e. The Morgan fingerprint density at radius 3 is 2.75 bits per heavy atom. The highest BCUT2D eigenvalue weighted by Gasteiger charge is 2.08. The standard InChI is InChI=1S/C13H15FN2/c1-15-8-10-7-13(16(2)9-10)11-5-3-4-6-12(11)14/h3-7,9,15H,8H2,1-2H3. The minimum absolute atomic E-state index is 0.181. The molecule has 1 aromatic carbocycles. The number of hydrogen-bond donors (Lipinski definition) is 1. The molecule has 0 atom stereocenters. The summed E-state index contributed by atoms with van der Waals surface area (Å²) in [5, 5.41) is 3.08. The van der Waals surface area contributed by atoms with Crippen molar-refractivity contribution < 1.29 is 4.39 Å². The fourth-order valence-electron chi connectivity index (χ4n) is 1.87. The third kappa shape index (κ3) is 1.99. The van der Waals surface area contributed by atoms with Crippen LogP contribution in [0.4, 0.5) is 4.39 Å². The second-order valence-corrected chi connectivity index (χ2v) is 3.85. The van der Waals surface area contributed by atoms with Crippen LogP contribution in [0.25, 0.3) is 11.3 Å². The minimum atomic E-state index is -0.181. The molecular weight excluding hydrogens is 203 g/mol. The Bertz CT molecular complexity index is 488. The second-order valence-electron chi connectivity index (χ2n) is 3.85. The van der Waals surface area contributed by atoms with Crippen LogP contribution in [0.15, 0.2) is 36.5 Å². The van der Waals surface area contributed by atoms with E-state index in [4.69, 9.17) is 0 Å². The lowest BCUT2D eigenvalue weighted by atomic mass is 10.1. The monoisotopic (exact) mass is 218 g/mol. The number of nitrogens with one attached hydrogen (secondary N) is 1. The third-order valence-corrected chi connectivity index (χ3v) is 2.59. The van der Waals surface area contributed by atoms with Crippen LogP contribution >= 0.6 is 0 Å². The zero-order valence-corrected chi connectivity index (χ0v) is 9.50. The van der Waals surface area contributed by atoms with E-state index >= 15 is 0 Å². The minimum Gasteiger partial charge on any atom is -0.350 e. The van der Waals surface area contributed by atoms with Crippen molar-refractivity contribution in [2.45, 2.75) is 6.54 Å². The van der Waals surface area contributed by atoms with Gasteiger partial charge in [-0.3, -0.25) is 0 Å². The number of rotatable bonds is 3. The first kappa shape index (κ1) is 10.9. The van der Waals surface area contributed by atoms with E-state index in [0.717, 1.165) is 17.8 Å². The number of nitrogens with zero attached hydrogens (tertiary/aromatic N) is 1. The first-order valence-electron chi connectivity index (χ1n) is 5.27. The average Bonchev–Trinajstić information content (AvgIpc) is 2.61. The van der Waals surface area contributed by atoms with Gasteiger partial charge < -0.3 is 9.88 Å². The Hall–Kier alpha value is -1.61. The molecule has 1 N–H and O–H groups in total. The van der Waals surface area contributed by atoms with E-state index in [9.17, 15) is 4.39 Å². The zero-order valence-electron chi connectivity index (χ0n) is 9.50. The highest BCUT2D eigenvalue weighted by atomic mass is 19.1. The molecule has 0 aliphatic rings. The molecule has 1 heterocycles. The van der Waals surface area contributed by atoms with Crippen molar-refractivity contribution in [1.29, 1.82) is 0 Å². The smallest absolute Gasteiger partial charge is 0.132 e. The predicted molar refractivity (Wildman–Crippen MR) is 63.6 cm³/mol. The lowest BCUT2D eigenvalue weighted by Gasteiger charge is -2.03. The summed E-state index contributed by atoms with van der Waals surface area (Å²) in [6, 6.07) is 8.85. The molecule has 0 aliphatic carbocycles. The molecule has 0 fully saturated rings. The summed E-state index contributed by atoms with van der Waals surface area (Å²) in [6.45, 7) is 0.794. The van der Waals surface area contributed by atoms with Gasteiger partial charge in [-0.15, -0.1) is 0 Å². The zero-order chi connectivity index (χ0) is 11.5. The van der Waals surface area contributed by atoms with Crippen LogP contribution in [0.1, 0.15) is 5.56 Å². The van der Waals surface area contributed by atoms with Gasteiger partial charge in [-0.25, -0.2) is 4.39 Å². The van der Waals surface area contributed by atoms with Crippen molar-refractivity contribution in [1.82, 2.24) is 9.88 Å². The van der Waals surface area contributed by atoms with Crippen LogP contribution in [-0.2, 0) is 13.6 Å². The van der Waals surface area contributed by atoms with E-state index in [1.54, 1.807) is 12.1 Å². The summed E-state index contributed by atoms with van der Waals surface area (Å²) in [5.41, 5.74) is 2.71. The fourth-order valence-corrected chi connectivity index (χ4v) is 1.87. The Morgan fingerprint density at radius 2 is 2.06 bits per heavy atom. The van der Waals surface area contributed by atoms with E-state index in [1.807, 2.05) is 37.0 Å².